The highest BCUT2D eigenvalue weighted by atomic mass is 15.2. The molecule has 1 aromatic rings. The minimum Gasteiger partial charge on any atom is -0.357 e. The zero-order valence-electron chi connectivity index (χ0n) is 11.9. The van der Waals surface area contributed by atoms with Gasteiger partial charge in [0.25, 0.3) is 0 Å². The van der Waals surface area contributed by atoms with Crippen LogP contribution in [0.15, 0.2) is 12.1 Å². The maximum absolute atomic E-state index is 4.76. The Bertz CT molecular complexity index is 381. The van der Waals surface area contributed by atoms with Crippen LogP contribution in [0.5, 0.6) is 0 Å². The molecule has 3 nitrogen and oxygen atoms in total. The number of aromatic nitrogens is 1. The molecule has 0 spiro atoms. The van der Waals surface area contributed by atoms with Gasteiger partial charge < -0.3 is 10.2 Å². The summed E-state index contributed by atoms with van der Waals surface area (Å²) in [7, 11) is 0. The third kappa shape index (κ3) is 3.22. The third-order valence-corrected chi connectivity index (χ3v) is 3.85. The molecule has 100 valence electrons. The molecule has 0 unspecified atom stereocenters. The Kier molecular flexibility index (Phi) is 4.59. The van der Waals surface area contributed by atoms with E-state index in [4.69, 9.17) is 4.98 Å². The molecule has 1 saturated heterocycles. The van der Waals surface area contributed by atoms with Crippen LogP contribution in [0.4, 0.5) is 5.82 Å². The van der Waals surface area contributed by atoms with Crippen molar-refractivity contribution in [2.45, 2.75) is 40.2 Å². The minimum absolute atomic E-state index is 0.871. The lowest BCUT2D eigenvalue weighted by molar-refractivity contribution is 0.436. The Hall–Kier alpha value is -1.09. The molecule has 0 aromatic carbocycles. The second-order valence-corrected chi connectivity index (χ2v) is 5.36. The van der Waals surface area contributed by atoms with E-state index in [1.165, 1.54) is 18.4 Å². The van der Waals surface area contributed by atoms with Crippen molar-refractivity contribution in [1.82, 2.24) is 10.3 Å². The molecule has 1 aliphatic heterocycles. The van der Waals surface area contributed by atoms with Gasteiger partial charge in [0.1, 0.15) is 5.82 Å². The number of hydrogen-bond donors (Lipinski definition) is 1. The lowest BCUT2D eigenvalue weighted by Gasteiger charge is -2.31. The molecule has 1 aliphatic rings. The van der Waals surface area contributed by atoms with Gasteiger partial charge in [-0.1, -0.05) is 19.9 Å². The molecule has 0 saturated carbocycles. The van der Waals surface area contributed by atoms with Crippen LogP contribution >= 0.6 is 0 Å². The summed E-state index contributed by atoms with van der Waals surface area (Å²) in [4.78, 5) is 7.18. The molecule has 2 heterocycles. The number of hydrogen-bond acceptors (Lipinski definition) is 3. The van der Waals surface area contributed by atoms with E-state index in [9.17, 15) is 0 Å². The first kappa shape index (κ1) is 13.3. The molecule has 3 heteroatoms. The quantitative estimate of drug-likeness (QED) is 0.886. The van der Waals surface area contributed by atoms with Crippen LogP contribution in [0.2, 0.25) is 0 Å². The largest absolute Gasteiger partial charge is 0.357 e. The normalized spacial score (nSPS) is 17.2. The molecule has 2 rings (SSSR count). The minimum atomic E-state index is 0.871. The number of aryl methyl sites for hydroxylation is 1. The van der Waals surface area contributed by atoms with E-state index in [1.54, 1.807) is 0 Å². The van der Waals surface area contributed by atoms with Gasteiger partial charge in [-0.15, -0.1) is 0 Å². The van der Waals surface area contributed by atoms with E-state index in [-0.39, 0.29) is 0 Å². The molecule has 1 fully saturated rings. The summed E-state index contributed by atoms with van der Waals surface area (Å²) < 4.78 is 0. The average molecular weight is 247 g/mol. The number of pyridine rings is 1. The van der Waals surface area contributed by atoms with E-state index in [2.05, 4.69) is 43.1 Å². The Morgan fingerprint density at radius 2 is 2.06 bits per heavy atom. The van der Waals surface area contributed by atoms with Gasteiger partial charge in [-0.3, -0.25) is 0 Å². The number of anilines is 1. The van der Waals surface area contributed by atoms with Crippen LogP contribution in [0, 0.1) is 12.8 Å². The number of nitrogens with one attached hydrogen (secondary N) is 1. The summed E-state index contributed by atoms with van der Waals surface area (Å²) in [5, 5.41) is 3.36. The Morgan fingerprint density at radius 1 is 1.33 bits per heavy atom. The predicted octanol–water partition coefficient (Wildman–Crippen LogP) is 2.74. The van der Waals surface area contributed by atoms with E-state index >= 15 is 0 Å². The second-order valence-electron chi connectivity index (χ2n) is 5.36. The van der Waals surface area contributed by atoms with Gasteiger partial charge in [0.2, 0.25) is 0 Å². The lowest BCUT2D eigenvalue weighted by atomic mass is 9.99. The highest BCUT2D eigenvalue weighted by Crippen LogP contribution is 2.22. The molecule has 0 radical (unpaired) electrons. The molecule has 0 bridgehead atoms. The van der Waals surface area contributed by atoms with Crippen molar-refractivity contribution in [1.29, 1.82) is 0 Å². The fourth-order valence-electron chi connectivity index (χ4n) is 2.44. The number of piperidine rings is 1. The fourth-order valence-corrected chi connectivity index (χ4v) is 2.44. The molecule has 0 atom stereocenters. The van der Waals surface area contributed by atoms with E-state index in [0.29, 0.717) is 0 Å². The lowest BCUT2D eigenvalue weighted by Crippen LogP contribution is -2.33. The smallest absolute Gasteiger partial charge is 0.128 e. The standard InChI is InChI=1S/C15H25N3/c1-4-16-11-14-5-6-15(17-13(14)3)18-9-7-12(2)8-10-18/h5-6,12,16H,4,7-11H2,1-3H3. The van der Waals surface area contributed by atoms with Crippen LogP contribution in [-0.2, 0) is 6.54 Å². The van der Waals surface area contributed by atoms with E-state index in [0.717, 1.165) is 43.6 Å². The van der Waals surface area contributed by atoms with Crippen molar-refractivity contribution < 1.29 is 0 Å². The van der Waals surface area contributed by atoms with Crippen molar-refractivity contribution in [3.8, 4) is 0 Å². The fraction of sp³-hybridized carbons (Fsp3) is 0.667. The monoisotopic (exact) mass is 247 g/mol. The Morgan fingerprint density at radius 3 is 2.67 bits per heavy atom. The first-order valence-corrected chi connectivity index (χ1v) is 7.13. The van der Waals surface area contributed by atoms with E-state index < -0.39 is 0 Å². The van der Waals surface area contributed by atoms with Crippen LogP contribution < -0.4 is 10.2 Å². The van der Waals surface area contributed by atoms with Crippen LogP contribution in [0.3, 0.4) is 0 Å². The van der Waals surface area contributed by atoms with Crippen molar-refractivity contribution in [3.05, 3.63) is 23.4 Å². The van der Waals surface area contributed by atoms with Crippen molar-refractivity contribution in [2.24, 2.45) is 5.92 Å². The van der Waals surface area contributed by atoms with Gasteiger partial charge in [0, 0.05) is 25.3 Å². The highest BCUT2D eigenvalue weighted by molar-refractivity contribution is 5.42. The summed E-state index contributed by atoms with van der Waals surface area (Å²) in [5.41, 5.74) is 2.47. The van der Waals surface area contributed by atoms with E-state index in [1.807, 2.05) is 0 Å². The second kappa shape index (κ2) is 6.19. The summed E-state index contributed by atoms with van der Waals surface area (Å²) in [5.74, 6) is 2.02. The number of rotatable bonds is 4. The van der Waals surface area contributed by atoms with Gasteiger partial charge in [-0.05, 0) is 43.9 Å². The van der Waals surface area contributed by atoms with Gasteiger partial charge in [-0.25, -0.2) is 4.98 Å². The first-order valence-electron chi connectivity index (χ1n) is 7.13. The number of nitrogens with zero attached hydrogens (tertiary/aromatic N) is 2. The summed E-state index contributed by atoms with van der Waals surface area (Å²) in [6.07, 6.45) is 2.58. The summed E-state index contributed by atoms with van der Waals surface area (Å²) >= 11 is 0. The zero-order valence-corrected chi connectivity index (χ0v) is 11.9. The van der Waals surface area contributed by atoms with Gasteiger partial charge in [0.05, 0.1) is 0 Å². The van der Waals surface area contributed by atoms with Crippen LogP contribution in [-0.4, -0.2) is 24.6 Å². The Labute approximate surface area is 111 Å². The zero-order chi connectivity index (χ0) is 13.0. The van der Waals surface area contributed by atoms with Crippen LogP contribution in [0.25, 0.3) is 0 Å². The van der Waals surface area contributed by atoms with Gasteiger partial charge >= 0.3 is 0 Å². The highest BCUT2D eigenvalue weighted by Gasteiger charge is 2.17. The topological polar surface area (TPSA) is 28.2 Å². The predicted molar refractivity (Wildman–Crippen MR) is 77.0 cm³/mol. The molecular weight excluding hydrogens is 222 g/mol. The molecule has 1 N–H and O–H groups in total. The van der Waals surface area contributed by atoms with Crippen LogP contribution in [0.1, 0.15) is 37.9 Å². The maximum Gasteiger partial charge on any atom is 0.128 e. The first-order chi connectivity index (χ1) is 8.70. The van der Waals surface area contributed by atoms with Gasteiger partial charge in [0.15, 0.2) is 0 Å². The molecule has 1 aromatic heterocycles. The molecular formula is C15H25N3. The molecule has 0 amide bonds. The van der Waals surface area contributed by atoms with Gasteiger partial charge in [-0.2, -0.15) is 0 Å². The Balaban J connectivity index is 2.04. The molecule has 18 heavy (non-hydrogen) atoms. The summed E-state index contributed by atoms with van der Waals surface area (Å²) in [6, 6.07) is 4.40. The average Bonchev–Trinajstić information content (AvgIpc) is 2.38. The summed E-state index contributed by atoms with van der Waals surface area (Å²) in [6.45, 7) is 10.8. The SMILES string of the molecule is CCNCc1ccc(N2CCC(C)CC2)nc1C. The van der Waals surface area contributed by atoms with Crippen molar-refractivity contribution in [2.75, 3.05) is 24.5 Å². The van der Waals surface area contributed by atoms with Crippen molar-refractivity contribution >= 4 is 5.82 Å². The maximum atomic E-state index is 4.76. The third-order valence-electron chi connectivity index (χ3n) is 3.85. The van der Waals surface area contributed by atoms with Crippen molar-refractivity contribution in [3.63, 3.8) is 0 Å². The molecule has 0 aliphatic carbocycles.